The fourth-order valence-electron chi connectivity index (χ4n) is 3.72. The molecule has 1 fully saturated rings. The lowest BCUT2D eigenvalue weighted by molar-refractivity contribution is 0.0939. The lowest BCUT2D eigenvalue weighted by Crippen LogP contribution is -2.37. The van der Waals surface area contributed by atoms with E-state index in [0.717, 1.165) is 24.2 Å². The third-order valence-corrected chi connectivity index (χ3v) is 5.33. The average Bonchev–Trinajstić information content (AvgIpc) is 3.32. The van der Waals surface area contributed by atoms with Crippen LogP contribution in [0.2, 0.25) is 0 Å². The zero-order valence-electron chi connectivity index (χ0n) is 18.2. The van der Waals surface area contributed by atoms with Gasteiger partial charge in [0.2, 0.25) is 11.7 Å². The van der Waals surface area contributed by atoms with Crippen molar-refractivity contribution in [2.24, 2.45) is 0 Å². The number of nitrogens with one attached hydrogen (secondary N) is 1. The third-order valence-electron chi connectivity index (χ3n) is 5.33. The van der Waals surface area contributed by atoms with Crippen molar-refractivity contribution in [1.82, 2.24) is 20.3 Å². The maximum atomic E-state index is 12.9. The fraction of sp³-hybridized carbons (Fsp3) is 0.304. The number of pyridine rings is 1. The second-order valence-corrected chi connectivity index (χ2v) is 7.30. The number of aromatic nitrogens is 3. The van der Waals surface area contributed by atoms with E-state index >= 15 is 0 Å². The number of nitrogens with zero attached hydrogens (tertiary/aromatic N) is 4. The summed E-state index contributed by atoms with van der Waals surface area (Å²) in [6, 6.07) is 8.95. The third kappa shape index (κ3) is 4.41. The van der Waals surface area contributed by atoms with Crippen LogP contribution < -0.4 is 24.4 Å². The summed E-state index contributed by atoms with van der Waals surface area (Å²) in [7, 11) is 4.57. The molecular formula is C23H25N5O4. The summed E-state index contributed by atoms with van der Waals surface area (Å²) in [6.07, 6.45) is 6.03. The molecule has 0 aliphatic carbocycles. The summed E-state index contributed by atoms with van der Waals surface area (Å²) in [6.45, 7) is 1.36. The Morgan fingerprint density at radius 3 is 2.53 bits per heavy atom. The summed E-state index contributed by atoms with van der Waals surface area (Å²) in [5, 5.41) is 3.08. The van der Waals surface area contributed by atoms with Crippen LogP contribution in [-0.2, 0) is 0 Å². The van der Waals surface area contributed by atoms with Crippen molar-refractivity contribution in [3.05, 3.63) is 54.5 Å². The van der Waals surface area contributed by atoms with Crippen LogP contribution in [0, 0.1) is 0 Å². The van der Waals surface area contributed by atoms with Gasteiger partial charge in [-0.2, -0.15) is 0 Å². The maximum absolute atomic E-state index is 12.9. The number of rotatable bonds is 7. The second kappa shape index (κ2) is 9.51. The second-order valence-electron chi connectivity index (χ2n) is 7.30. The number of benzene rings is 1. The molecule has 0 radical (unpaired) electrons. The Balaban J connectivity index is 1.45. The molecule has 1 N–H and O–H groups in total. The monoisotopic (exact) mass is 435 g/mol. The minimum atomic E-state index is -0.207. The molecule has 1 aliphatic rings. The van der Waals surface area contributed by atoms with Gasteiger partial charge in [0, 0.05) is 48.8 Å². The van der Waals surface area contributed by atoms with E-state index in [1.54, 1.807) is 30.7 Å². The molecule has 3 heterocycles. The lowest BCUT2D eigenvalue weighted by Gasteiger charge is -2.18. The van der Waals surface area contributed by atoms with E-state index in [1.807, 2.05) is 18.2 Å². The first-order chi connectivity index (χ1) is 15.6. The van der Waals surface area contributed by atoms with Crippen LogP contribution in [-0.4, -0.2) is 61.3 Å². The molecule has 1 aliphatic heterocycles. The Labute approximate surface area is 186 Å². The van der Waals surface area contributed by atoms with Crippen LogP contribution in [0.4, 0.5) is 5.95 Å². The highest BCUT2D eigenvalue weighted by molar-refractivity contribution is 5.96. The number of carbonyl (C=O) groups is 1. The van der Waals surface area contributed by atoms with Crippen molar-refractivity contribution in [3.63, 3.8) is 0 Å². The van der Waals surface area contributed by atoms with Crippen LogP contribution >= 0.6 is 0 Å². The standard InChI is InChI=1S/C23H25N5O4/c1-30-19-11-16(12-20(31-2)21(19)32-3)22(29)26-17-7-10-28(14-17)23-25-9-6-18(27-23)15-5-4-8-24-13-15/h4-6,8-9,11-13,17H,7,10,14H2,1-3H3,(H,26,29). The first-order valence-corrected chi connectivity index (χ1v) is 10.2. The lowest BCUT2D eigenvalue weighted by atomic mass is 10.1. The summed E-state index contributed by atoms with van der Waals surface area (Å²) in [4.78, 5) is 28.2. The molecule has 2 aromatic heterocycles. The summed E-state index contributed by atoms with van der Waals surface area (Å²) in [5.41, 5.74) is 2.18. The van der Waals surface area contributed by atoms with E-state index in [1.165, 1.54) is 21.3 Å². The van der Waals surface area contributed by atoms with Gasteiger partial charge >= 0.3 is 0 Å². The normalized spacial score (nSPS) is 15.3. The van der Waals surface area contributed by atoms with Crippen LogP contribution in [0.3, 0.4) is 0 Å². The predicted octanol–water partition coefficient (Wildman–Crippen LogP) is 2.57. The molecule has 9 nitrogen and oxygen atoms in total. The van der Waals surface area contributed by atoms with Crippen LogP contribution in [0.5, 0.6) is 17.2 Å². The van der Waals surface area contributed by atoms with Crippen LogP contribution in [0.1, 0.15) is 16.8 Å². The molecule has 0 saturated carbocycles. The number of hydrogen-bond donors (Lipinski definition) is 1. The van der Waals surface area contributed by atoms with Crippen molar-refractivity contribution >= 4 is 11.9 Å². The van der Waals surface area contributed by atoms with Crippen molar-refractivity contribution in [2.75, 3.05) is 39.3 Å². The summed E-state index contributed by atoms with van der Waals surface area (Å²) < 4.78 is 16.0. The molecule has 166 valence electrons. The molecule has 1 unspecified atom stereocenters. The van der Waals surface area contributed by atoms with Gasteiger partial charge < -0.3 is 24.4 Å². The summed E-state index contributed by atoms with van der Waals surface area (Å²) in [5.74, 6) is 1.75. The molecule has 0 spiro atoms. The largest absolute Gasteiger partial charge is 0.493 e. The van der Waals surface area contributed by atoms with Crippen molar-refractivity contribution in [3.8, 4) is 28.5 Å². The number of hydrogen-bond acceptors (Lipinski definition) is 8. The van der Waals surface area contributed by atoms with Crippen molar-refractivity contribution < 1.29 is 19.0 Å². The molecule has 1 atom stereocenters. The highest BCUT2D eigenvalue weighted by Crippen LogP contribution is 2.38. The number of amides is 1. The predicted molar refractivity (Wildman–Crippen MR) is 119 cm³/mol. The smallest absolute Gasteiger partial charge is 0.251 e. The summed E-state index contributed by atoms with van der Waals surface area (Å²) >= 11 is 0. The van der Waals surface area contributed by atoms with Crippen LogP contribution in [0.15, 0.2) is 48.9 Å². The average molecular weight is 435 g/mol. The van der Waals surface area contributed by atoms with Gasteiger partial charge in [-0.25, -0.2) is 9.97 Å². The Morgan fingerprint density at radius 2 is 1.88 bits per heavy atom. The Morgan fingerprint density at radius 1 is 1.09 bits per heavy atom. The van der Waals surface area contributed by atoms with Gasteiger partial charge in [-0.1, -0.05) is 0 Å². The number of methoxy groups -OCH3 is 3. The van der Waals surface area contributed by atoms with Gasteiger partial charge in [0.05, 0.1) is 27.0 Å². The van der Waals surface area contributed by atoms with E-state index in [0.29, 0.717) is 35.3 Å². The van der Waals surface area contributed by atoms with Gasteiger partial charge in [0.1, 0.15) is 0 Å². The minimum Gasteiger partial charge on any atom is -0.493 e. The molecule has 32 heavy (non-hydrogen) atoms. The maximum Gasteiger partial charge on any atom is 0.251 e. The van der Waals surface area contributed by atoms with Crippen molar-refractivity contribution in [1.29, 1.82) is 0 Å². The Hall–Kier alpha value is -3.88. The van der Waals surface area contributed by atoms with E-state index in [4.69, 9.17) is 14.2 Å². The van der Waals surface area contributed by atoms with Crippen LogP contribution in [0.25, 0.3) is 11.3 Å². The number of ether oxygens (including phenoxy) is 3. The quantitative estimate of drug-likeness (QED) is 0.605. The molecule has 0 bridgehead atoms. The van der Waals surface area contributed by atoms with Gasteiger partial charge in [0.25, 0.3) is 5.91 Å². The zero-order chi connectivity index (χ0) is 22.5. The molecule has 1 saturated heterocycles. The minimum absolute atomic E-state index is 0.0350. The highest BCUT2D eigenvalue weighted by Gasteiger charge is 2.27. The number of carbonyl (C=O) groups excluding carboxylic acids is 1. The van der Waals surface area contributed by atoms with Gasteiger partial charge in [-0.15, -0.1) is 0 Å². The fourth-order valence-corrected chi connectivity index (χ4v) is 3.72. The molecular weight excluding hydrogens is 410 g/mol. The Kier molecular flexibility index (Phi) is 6.34. The zero-order valence-corrected chi connectivity index (χ0v) is 18.2. The molecule has 1 aromatic carbocycles. The van der Waals surface area contributed by atoms with E-state index in [2.05, 4.69) is 25.2 Å². The first-order valence-electron chi connectivity index (χ1n) is 10.2. The molecule has 4 rings (SSSR count). The van der Waals surface area contributed by atoms with E-state index in [9.17, 15) is 4.79 Å². The first kappa shape index (κ1) is 21.4. The van der Waals surface area contributed by atoms with Crippen molar-refractivity contribution in [2.45, 2.75) is 12.5 Å². The highest BCUT2D eigenvalue weighted by atomic mass is 16.5. The molecule has 1 amide bonds. The van der Waals surface area contributed by atoms with E-state index < -0.39 is 0 Å². The van der Waals surface area contributed by atoms with Gasteiger partial charge in [0.15, 0.2) is 11.5 Å². The molecule has 9 heteroatoms. The van der Waals surface area contributed by atoms with E-state index in [-0.39, 0.29) is 11.9 Å². The topological polar surface area (TPSA) is 98.7 Å². The Bertz CT molecular complexity index is 1070. The SMILES string of the molecule is COc1cc(C(=O)NC2CCN(c3nccc(-c4cccnc4)n3)C2)cc(OC)c1OC. The van der Waals surface area contributed by atoms with Gasteiger partial charge in [-0.05, 0) is 36.8 Å². The molecule has 3 aromatic rings. The number of anilines is 1. The van der Waals surface area contributed by atoms with Gasteiger partial charge in [-0.3, -0.25) is 9.78 Å².